The summed E-state index contributed by atoms with van der Waals surface area (Å²) < 4.78 is 45.8. The number of halogens is 3. The Labute approximate surface area is 178 Å². The summed E-state index contributed by atoms with van der Waals surface area (Å²) in [4.78, 5) is 26.6. The van der Waals surface area contributed by atoms with E-state index in [1.54, 1.807) is 24.0 Å². The topological polar surface area (TPSA) is 112 Å². The number of rotatable bonds is 2. The number of hydrogen-bond donors (Lipinski definition) is 1. The molecule has 5 rings (SSSR count). The number of anilines is 1. The molecule has 12 heteroatoms. The first-order chi connectivity index (χ1) is 15.1. The first kappa shape index (κ1) is 20.0. The lowest BCUT2D eigenvalue weighted by molar-refractivity contribution is -0.141. The van der Waals surface area contributed by atoms with E-state index in [1.165, 1.54) is 18.1 Å². The third kappa shape index (κ3) is 2.98. The molecule has 32 heavy (non-hydrogen) atoms. The minimum absolute atomic E-state index is 0.0121. The average Bonchev–Trinajstić information content (AvgIpc) is 3.36. The fraction of sp³-hybridized carbons (Fsp3) is 0.250. The summed E-state index contributed by atoms with van der Waals surface area (Å²) >= 11 is 0. The fourth-order valence-electron chi connectivity index (χ4n) is 3.86. The number of alkyl halides is 3. The van der Waals surface area contributed by atoms with Crippen molar-refractivity contribution in [3.8, 4) is 5.75 Å². The first-order valence-corrected chi connectivity index (χ1v) is 9.49. The van der Waals surface area contributed by atoms with Crippen molar-refractivity contribution in [3.63, 3.8) is 0 Å². The van der Waals surface area contributed by atoms with Crippen molar-refractivity contribution in [2.24, 2.45) is 7.05 Å². The van der Waals surface area contributed by atoms with Crippen LogP contribution in [0.1, 0.15) is 27.8 Å². The zero-order chi connectivity index (χ0) is 22.8. The van der Waals surface area contributed by atoms with Gasteiger partial charge in [-0.3, -0.25) is 14.5 Å². The van der Waals surface area contributed by atoms with Crippen LogP contribution in [0.25, 0.3) is 21.8 Å². The van der Waals surface area contributed by atoms with Gasteiger partial charge in [-0.05, 0) is 6.07 Å². The maximum atomic E-state index is 13.2. The van der Waals surface area contributed by atoms with E-state index in [4.69, 9.17) is 10.5 Å². The Balaban J connectivity index is 1.51. The van der Waals surface area contributed by atoms with Gasteiger partial charge in [-0.2, -0.15) is 18.3 Å². The van der Waals surface area contributed by atoms with Gasteiger partial charge in [0, 0.05) is 37.3 Å². The summed E-state index contributed by atoms with van der Waals surface area (Å²) in [6, 6.07) is 1.84. The van der Waals surface area contributed by atoms with Crippen LogP contribution in [0.2, 0.25) is 0 Å². The van der Waals surface area contributed by atoms with Gasteiger partial charge in [0.1, 0.15) is 29.6 Å². The maximum absolute atomic E-state index is 13.2. The normalized spacial score (nSPS) is 15.7. The number of aromatic nitrogens is 5. The van der Waals surface area contributed by atoms with Crippen LogP contribution in [0, 0.1) is 0 Å². The van der Waals surface area contributed by atoms with Gasteiger partial charge in [0.2, 0.25) is 0 Å². The second kappa shape index (κ2) is 6.77. The molecule has 1 atom stereocenters. The third-order valence-electron chi connectivity index (χ3n) is 5.54. The summed E-state index contributed by atoms with van der Waals surface area (Å²) in [6.45, 7) is 0.0121. The quantitative estimate of drug-likeness (QED) is 0.507. The molecule has 1 amide bonds. The average molecular weight is 443 g/mol. The largest absolute Gasteiger partial charge is 0.491 e. The van der Waals surface area contributed by atoms with Crippen LogP contribution >= 0.6 is 0 Å². The highest BCUT2D eigenvalue weighted by Gasteiger charge is 2.37. The maximum Gasteiger partial charge on any atom is 0.433 e. The van der Waals surface area contributed by atoms with E-state index < -0.39 is 23.8 Å². The third-order valence-corrected chi connectivity index (χ3v) is 5.54. The van der Waals surface area contributed by atoms with Crippen LogP contribution in [-0.2, 0) is 13.2 Å². The summed E-state index contributed by atoms with van der Waals surface area (Å²) in [5.74, 6) is -0.0656. The number of amides is 1. The molecule has 4 aromatic rings. The van der Waals surface area contributed by atoms with Crippen LogP contribution in [-0.4, -0.2) is 49.2 Å². The molecule has 4 aromatic heterocycles. The Morgan fingerprint density at radius 2 is 2.00 bits per heavy atom. The fourth-order valence-corrected chi connectivity index (χ4v) is 3.86. The molecule has 1 aliphatic heterocycles. The van der Waals surface area contributed by atoms with Gasteiger partial charge in [-0.15, -0.1) is 0 Å². The molecule has 0 fully saturated rings. The van der Waals surface area contributed by atoms with Crippen molar-refractivity contribution in [3.05, 3.63) is 47.7 Å². The van der Waals surface area contributed by atoms with E-state index in [1.807, 2.05) is 0 Å². The molecule has 9 nitrogen and oxygen atoms in total. The Kier molecular flexibility index (Phi) is 4.23. The number of nitrogens with zero attached hydrogens (tertiary/aromatic N) is 6. The summed E-state index contributed by atoms with van der Waals surface area (Å²) in [6.07, 6.45) is -0.434. The van der Waals surface area contributed by atoms with Crippen molar-refractivity contribution in [2.45, 2.75) is 12.2 Å². The number of nitrogens with two attached hydrogens (primary N) is 1. The van der Waals surface area contributed by atoms with Crippen molar-refractivity contribution >= 4 is 33.5 Å². The Morgan fingerprint density at radius 1 is 1.22 bits per heavy atom. The molecule has 0 unspecified atom stereocenters. The summed E-state index contributed by atoms with van der Waals surface area (Å²) in [5, 5.41) is 5.51. The molecule has 0 bridgehead atoms. The predicted octanol–water partition coefficient (Wildman–Crippen LogP) is 2.72. The van der Waals surface area contributed by atoms with Crippen molar-refractivity contribution in [2.75, 3.05) is 19.4 Å². The van der Waals surface area contributed by atoms with Crippen LogP contribution in [0.4, 0.5) is 19.0 Å². The van der Waals surface area contributed by atoms with Gasteiger partial charge in [0.25, 0.3) is 5.91 Å². The number of hydrogen-bond acceptors (Lipinski definition) is 7. The zero-order valence-corrected chi connectivity index (χ0v) is 16.9. The van der Waals surface area contributed by atoms with Crippen molar-refractivity contribution in [1.82, 2.24) is 29.6 Å². The predicted molar refractivity (Wildman–Crippen MR) is 108 cm³/mol. The molecular weight excluding hydrogens is 427 g/mol. The van der Waals surface area contributed by atoms with Crippen molar-refractivity contribution < 1.29 is 22.7 Å². The Bertz CT molecular complexity index is 1400. The number of carbonyl (C=O) groups is 1. The zero-order valence-electron chi connectivity index (χ0n) is 16.9. The molecule has 0 radical (unpaired) electrons. The molecule has 0 saturated carbocycles. The summed E-state index contributed by atoms with van der Waals surface area (Å²) in [7, 11) is 3.29. The number of fused-ring (bicyclic) bond motifs is 4. The SMILES string of the molecule is CN(C(=O)c1cc2c(cn1)nc(N)c1cnn(C)c12)[C@@H]1COc2cc(C(F)(F)F)ncc21. The van der Waals surface area contributed by atoms with E-state index in [0.717, 1.165) is 12.3 Å². The number of ether oxygens (including phenoxy) is 1. The molecule has 2 N–H and O–H groups in total. The second-order valence-corrected chi connectivity index (χ2v) is 7.46. The smallest absolute Gasteiger partial charge is 0.433 e. The van der Waals surface area contributed by atoms with Gasteiger partial charge in [-0.1, -0.05) is 0 Å². The molecular formula is C20H16F3N7O2. The highest BCUT2D eigenvalue weighted by atomic mass is 19.4. The lowest BCUT2D eigenvalue weighted by atomic mass is 10.1. The van der Waals surface area contributed by atoms with Gasteiger partial charge in [0.05, 0.1) is 34.9 Å². The highest BCUT2D eigenvalue weighted by Crippen LogP contribution is 2.39. The molecule has 0 spiro atoms. The van der Waals surface area contributed by atoms with Crippen LogP contribution in [0.5, 0.6) is 5.75 Å². The van der Waals surface area contributed by atoms with E-state index in [0.29, 0.717) is 33.2 Å². The second-order valence-electron chi connectivity index (χ2n) is 7.46. The Hall–Kier alpha value is -3.96. The number of aryl methyl sites for hydroxylation is 1. The molecule has 0 aromatic carbocycles. The van der Waals surface area contributed by atoms with Crippen LogP contribution in [0.3, 0.4) is 0 Å². The lowest BCUT2D eigenvalue weighted by Crippen LogP contribution is -2.32. The standard InChI is InChI=1S/C20H16F3N7O2/c1-29(14-8-32-15-4-16(20(21,22)23)26-5-10(14)15)19(31)12-3-9-13(7-25-12)28-18(24)11-6-27-30(2)17(9)11/h3-7,14H,8H2,1-2H3,(H2,24,28)/t14-/m1/s1. The van der Waals surface area contributed by atoms with Crippen LogP contribution in [0.15, 0.2) is 30.7 Å². The van der Waals surface area contributed by atoms with E-state index in [2.05, 4.69) is 20.1 Å². The van der Waals surface area contributed by atoms with Crippen LogP contribution < -0.4 is 10.5 Å². The van der Waals surface area contributed by atoms with E-state index in [-0.39, 0.29) is 18.1 Å². The lowest BCUT2D eigenvalue weighted by Gasteiger charge is -2.23. The minimum Gasteiger partial charge on any atom is -0.491 e. The molecule has 1 aliphatic rings. The molecule has 0 aliphatic carbocycles. The molecule has 5 heterocycles. The highest BCUT2D eigenvalue weighted by molar-refractivity contribution is 6.09. The van der Waals surface area contributed by atoms with E-state index in [9.17, 15) is 18.0 Å². The molecule has 164 valence electrons. The Morgan fingerprint density at radius 3 is 2.75 bits per heavy atom. The number of carbonyl (C=O) groups excluding carboxylic acids is 1. The first-order valence-electron chi connectivity index (χ1n) is 9.49. The van der Waals surface area contributed by atoms with Gasteiger partial charge < -0.3 is 15.4 Å². The number of nitrogen functional groups attached to an aromatic ring is 1. The monoisotopic (exact) mass is 443 g/mol. The molecule has 0 saturated heterocycles. The van der Waals surface area contributed by atoms with Gasteiger partial charge in [-0.25, -0.2) is 9.97 Å². The summed E-state index contributed by atoms with van der Waals surface area (Å²) in [5.41, 5.74) is 6.71. The van der Waals surface area contributed by atoms with Gasteiger partial charge in [0.15, 0.2) is 0 Å². The van der Waals surface area contributed by atoms with E-state index >= 15 is 0 Å². The number of likely N-dealkylation sites (N-methyl/N-ethyl adjacent to an activating group) is 1. The minimum atomic E-state index is -4.58. The van der Waals surface area contributed by atoms with Gasteiger partial charge >= 0.3 is 6.18 Å². The number of pyridine rings is 3. The van der Waals surface area contributed by atoms with Crippen molar-refractivity contribution in [1.29, 1.82) is 0 Å².